The molecule has 0 N–H and O–H groups in total. The van der Waals surface area contributed by atoms with Crippen molar-refractivity contribution in [1.82, 2.24) is 0 Å². The lowest BCUT2D eigenvalue weighted by molar-refractivity contribution is -0.00267. The minimum atomic E-state index is -0.797. The largest absolute Gasteiger partial charge is 0.378 e. The van der Waals surface area contributed by atoms with Gasteiger partial charge in [0.2, 0.25) is 0 Å². The van der Waals surface area contributed by atoms with Gasteiger partial charge in [-0.1, -0.05) is 114 Å². The molecule has 3 aromatic rings. The molecule has 216 valence electrons. The zero-order valence-corrected chi connectivity index (χ0v) is 24.3. The van der Waals surface area contributed by atoms with E-state index in [1.54, 1.807) is 30.3 Å². The van der Waals surface area contributed by atoms with Gasteiger partial charge >= 0.3 is 0 Å². The highest BCUT2D eigenvalue weighted by molar-refractivity contribution is 5.71. The van der Waals surface area contributed by atoms with E-state index in [1.807, 2.05) is 24.3 Å². The molecule has 40 heavy (non-hydrogen) atoms. The van der Waals surface area contributed by atoms with Crippen LogP contribution in [-0.4, -0.2) is 12.7 Å². The lowest BCUT2D eigenvalue weighted by atomic mass is 9.88. The molecule has 1 nitrogen and oxygen atoms in total. The van der Waals surface area contributed by atoms with Crippen molar-refractivity contribution in [2.75, 3.05) is 6.61 Å². The summed E-state index contributed by atoms with van der Waals surface area (Å²) in [6, 6.07) is 16.0. The van der Waals surface area contributed by atoms with Crippen molar-refractivity contribution < 1.29 is 17.9 Å². The highest BCUT2D eigenvalue weighted by Gasteiger charge is 2.25. The summed E-state index contributed by atoms with van der Waals surface area (Å²) in [5.41, 5.74) is 3.62. The van der Waals surface area contributed by atoms with E-state index in [-0.39, 0.29) is 17.3 Å². The van der Waals surface area contributed by atoms with Crippen LogP contribution in [0.3, 0.4) is 0 Å². The van der Waals surface area contributed by atoms with E-state index in [2.05, 4.69) is 13.8 Å². The van der Waals surface area contributed by atoms with Crippen LogP contribution in [0.25, 0.3) is 22.3 Å². The number of unbranched alkanes of at least 4 members (excludes halogenated alkanes) is 7. The average Bonchev–Trinajstić information content (AvgIpc) is 2.98. The molecule has 1 aliphatic rings. The molecule has 0 saturated carbocycles. The first-order chi connectivity index (χ1) is 19.5. The molecule has 4 heteroatoms. The molecule has 2 unspecified atom stereocenters. The van der Waals surface area contributed by atoms with E-state index in [1.165, 1.54) is 38.5 Å². The molecule has 0 spiro atoms. The van der Waals surface area contributed by atoms with E-state index >= 15 is 4.39 Å². The highest BCUT2D eigenvalue weighted by Crippen LogP contribution is 2.34. The topological polar surface area (TPSA) is 9.23 Å². The Hall–Kier alpha value is -2.59. The SMILES string of the molecule is CCCCCCCCc1ccc(-c2ccc(-c3ccc(C4CCC(CCCCC)OC4)c(F)c3)cc2)c(F)c1F. The first-order valence-corrected chi connectivity index (χ1v) is 15.5. The maximum absolute atomic E-state index is 15.2. The Morgan fingerprint density at radius 3 is 2.05 bits per heavy atom. The molecule has 1 heterocycles. The van der Waals surface area contributed by atoms with Gasteiger partial charge in [-0.2, -0.15) is 0 Å². The molecule has 4 rings (SSSR count). The minimum absolute atomic E-state index is 0.0840. The van der Waals surface area contributed by atoms with E-state index in [4.69, 9.17) is 4.74 Å². The Morgan fingerprint density at radius 1 is 0.675 bits per heavy atom. The molecule has 3 aromatic carbocycles. The molecule has 0 aliphatic carbocycles. The average molecular weight is 551 g/mol. The lowest BCUT2D eigenvalue weighted by Crippen LogP contribution is -2.25. The monoisotopic (exact) mass is 550 g/mol. The first-order valence-electron chi connectivity index (χ1n) is 15.5. The van der Waals surface area contributed by atoms with Crippen molar-refractivity contribution >= 4 is 0 Å². The molecule has 2 atom stereocenters. The predicted molar refractivity (Wildman–Crippen MR) is 160 cm³/mol. The van der Waals surface area contributed by atoms with Crippen LogP contribution in [0.2, 0.25) is 0 Å². The van der Waals surface area contributed by atoms with Crippen LogP contribution >= 0.6 is 0 Å². The summed E-state index contributed by atoms with van der Waals surface area (Å²) in [7, 11) is 0. The summed E-state index contributed by atoms with van der Waals surface area (Å²) in [6.07, 6.45) is 14.2. The number of hydrogen-bond donors (Lipinski definition) is 0. The molecular weight excluding hydrogens is 505 g/mol. The van der Waals surface area contributed by atoms with Crippen LogP contribution in [0.1, 0.15) is 108 Å². The number of halogens is 3. The first kappa shape index (κ1) is 30.4. The third kappa shape index (κ3) is 8.00. The fourth-order valence-corrected chi connectivity index (χ4v) is 5.88. The van der Waals surface area contributed by atoms with Crippen LogP contribution in [0.15, 0.2) is 54.6 Å². The van der Waals surface area contributed by atoms with Crippen molar-refractivity contribution in [2.24, 2.45) is 0 Å². The van der Waals surface area contributed by atoms with Gasteiger partial charge < -0.3 is 4.74 Å². The van der Waals surface area contributed by atoms with E-state index in [0.29, 0.717) is 35.8 Å². The molecule has 0 radical (unpaired) electrons. The molecule has 1 saturated heterocycles. The second-order valence-electron chi connectivity index (χ2n) is 11.5. The second-order valence-corrected chi connectivity index (χ2v) is 11.5. The van der Waals surface area contributed by atoms with Gasteiger partial charge in [0.1, 0.15) is 5.82 Å². The van der Waals surface area contributed by atoms with Gasteiger partial charge in [-0.05, 0) is 66.0 Å². The molecule has 0 bridgehead atoms. The van der Waals surface area contributed by atoms with E-state index in [0.717, 1.165) is 49.7 Å². The van der Waals surface area contributed by atoms with Crippen molar-refractivity contribution in [1.29, 1.82) is 0 Å². The zero-order chi connectivity index (χ0) is 28.3. The van der Waals surface area contributed by atoms with Gasteiger partial charge in [0.15, 0.2) is 11.6 Å². The van der Waals surface area contributed by atoms with Gasteiger partial charge in [-0.25, -0.2) is 13.2 Å². The van der Waals surface area contributed by atoms with Gasteiger partial charge in [-0.3, -0.25) is 0 Å². The Labute approximate surface area is 239 Å². The fourth-order valence-electron chi connectivity index (χ4n) is 5.88. The molecular formula is C36H45F3O. The van der Waals surface area contributed by atoms with E-state index in [9.17, 15) is 8.78 Å². The maximum atomic E-state index is 15.2. The minimum Gasteiger partial charge on any atom is -0.378 e. The van der Waals surface area contributed by atoms with E-state index < -0.39 is 11.6 Å². The summed E-state index contributed by atoms with van der Waals surface area (Å²) in [4.78, 5) is 0. The predicted octanol–water partition coefficient (Wildman–Crippen LogP) is 11.2. The van der Waals surface area contributed by atoms with Gasteiger partial charge in [0.05, 0.1) is 12.7 Å². The third-order valence-corrected chi connectivity index (χ3v) is 8.43. The van der Waals surface area contributed by atoms with Crippen molar-refractivity contribution in [2.45, 2.75) is 109 Å². The van der Waals surface area contributed by atoms with Crippen LogP contribution in [0, 0.1) is 17.5 Å². The molecule has 0 aromatic heterocycles. The van der Waals surface area contributed by atoms with Crippen LogP contribution in [0.4, 0.5) is 13.2 Å². The summed E-state index contributed by atoms with van der Waals surface area (Å²) in [6.45, 7) is 4.96. The quantitative estimate of drug-likeness (QED) is 0.181. The lowest BCUT2D eigenvalue weighted by Gasteiger charge is -2.29. The fraction of sp³-hybridized carbons (Fsp3) is 0.500. The Kier molecular flexibility index (Phi) is 11.7. The second kappa shape index (κ2) is 15.4. The summed E-state index contributed by atoms with van der Waals surface area (Å²) in [5.74, 6) is -1.67. The highest BCUT2D eigenvalue weighted by atomic mass is 19.2. The molecule has 1 aliphatic heterocycles. The molecule has 1 fully saturated rings. The Morgan fingerprint density at radius 2 is 1.35 bits per heavy atom. The number of hydrogen-bond acceptors (Lipinski definition) is 1. The molecule has 0 amide bonds. The maximum Gasteiger partial charge on any atom is 0.166 e. The van der Waals surface area contributed by atoms with Crippen molar-refractivity contribution in [3.8, 4) is 22.3 Å². The smallest absolute Gasteiger partial charge is 0.166 e. The standard InChI is InChI=1S/C36H45F3O/c1-3-5-7-8-9-11-12-28-19-23-33(36(39)35(28)38)27-16-14-26(15-17-27)29-20-22-32(34(37)24-29)30-18-21-31(40-25-30)13-10-6-4-2/h14-17,19-20,22-24,30-31H,3-13,18,21,25H2,1-2H3. The number of aryl methyl sites for hydroxylation is 1. The number of benzene rings is 3. The van der Waals surface area contributed by atoms with Gasteiger partial charge in [0.25, 0.3) is 0 Å². The number of ether oxygens (including phenoxy) is 1. The van der Waals surface area contributed by atoms with Crippen molar-refractivity contribution in [3.63, 3.8) is 0 Å². The van der Waals surface area contributed by atoms with Crippen LogP contribution in [0.5, 0.6) is 0 Å². The Balaban J connectivity index is 1.37. The number of rotatable bonds is 14. The van der Waals surface area contributed by atoms with Crippen molar-refractivity contribution in [3.05, 3.63) is 83.2 Å². The zero-order valence-electron chi connectivity index (χ0n) is 24.3. The summed E-state index contributed by atoms with van der Waals surface area (Å²) >= 11 is 0. The van der Waals surface area contributed by atoms with Gasteiger partial charge in [-0.15, -0.1) is 0 Å². The van der Waals surface area contributed by atoms with Crippen LogP contribution < -0.4 is 0 Å². The summed E-state index contributed by atoms with van der Waals surface area (Å²) < 4.78 is 51.0. The normalized spacial score (nSPS) is 17.3. The van der Waals surface area contributed by atoms with Gasteiger partial charge in [0, 0.05) is 11.5 Å². The third-order valence-electron chi connectivity index (χ3n) is 8.43. The summed E-state index contributed by atoms with van der Waals surface area (Å²) in [5, 5.41) is 0. The van der Waals surface area contributed by atoms with Crippen LogP contribution in [-0.2, 0) is 11.2 Å². The Bertz CT molecular complexity index is 1200.